The highest BCUT2D eigenvalue weighted by atomic mass is 19.1. The molecule has 0 aliphatic heterocycles. The predicted molar refractivity (Wildman–Crippen MR) is 89.0 cm³/mol. The van der Waals surface area contributed by atoms with E-state index in [2.05, 4.69) is 12.1 Å². The molecule has 0 aliphatic rings. The van der Waals surface area contributed by atoms with Gasteiger partial charge in [-0.2, -0.15) is 5.26 Å². The van der Waals surface area contributed by atoms with Crippen LogP contribution in [0.4, 0.5) is 4.39 Å². The van der Waals surface area contributed by atoms with E-state index in [0.29, 0.717) is 12.0 Å². The zero-order chi connectivity index (χ0) is 15.8. The fourth-order valence-corrected chi connectivity index (χ4v) is 2.36. The molecule has 0 heterocycles. The molecule has 2 heteroatoms. The van der Waals surface area contributed by atoms with Crippen LogP contribution >= 0.6 is 0 Å². The first-order valence-corrected chi connectivity index (χ1v) is 7.65. The van der Waals surface area contributed by atoms with Gasteiger partial charge >= 0.3 is 0 Å². The second-order valence-corrected chi connectivity index (χ2v) is 5.39. The van der Waals surface area contributed by atoms with Gasteiger partial charge in [-0.3, -0.25) is 0 Å². The van der Waals surface area contributed by atoms with Crippen molar-refractivity contribution in [3.05, 3.63) is 76.6 Å². The van der Waals surface area contributed by atoms with E-state index in [1.165, 1.54) is 11.1 Å². The Morgan fingerprint density at radius 1 is 1.09 bits per heavy atom. The molecule has 2 rings (SSSR count). The average Bonchev–Trinajstić information content (AvgIpc) is 2.54. The molecule has 1 nitrogen and oxygen atoms in total. The van der Waals surface area contributed by atoms with Gasteiger partial charge in [-0.15, -0.1) is 0 Å². The van der Waals surface area contributed by atoms with Gasteiger partial charge in [0.15, 0.2) is 0 Å². The largest absolute Gasteiger partial charge is 0.212 e. The third-order valence-electron chi connectivity index (χ3n) is 3.55. The van der Waals surface area contributed by atoms with Crippen LogP contribution in [0.5, 0.6) is 0 Å². The van der Waals surface area contributed by atoms with E-state index >= 15 is 0 Å². The summed E-state index contributed by atoms with van der Waals surface area (Å²) in [5, 5.41) is 8.79. The summed E-state index contributed by atoms with van der Waals surface area (Å²) in [5.41, 5.74) is 4.00. The normalized spacial score (nSPS) is 11.2. The Hall–Kier alpha value is -2.40. The van der Waals surface area contributed by atoms with Gasteiger partial charge in [0.2, 0.25) is 0 Å². The van der Waals surface area contributed by atoms with Crippen LogP contribution in [0.1, 0.15) is 42.0 Å². The van der Waals surface area contributed by atoms with Crippen LogP contribution in [0.2, 0.25) is 0 Å². The van der Waals surface area contributed by atoms with Crippen molar-refractivity contribution >= 4 is 6.08 Å². The van der Waals surface area contributed by atoms with Gasteiger partial charge in [0.25, 0.3) is 0 Å². The molecule has 0 atom stereocenters. The van der Waals surface area contributed by atoms with Crippen molar-refractivity contribution in [2.24, 2.45) is 0 Å². The molecule has 0 fully saturated rings. The molecule has 2 aromatic carbocycles. The Kier molecular flexibility index (Phi) is 5.91. The second kappa shape index (κ2) is 8.14. The lowest BCUT2D eigenvalue weighted by Gasteiger charge is -2.04. The molecule has 112 valence electrons. The van der Waals surface area contributed by atoms with Gasteiger partial charge in [0.05, 0.1) is 11.6 Å². The SMILES string of the molecule is CCC/C(F)=C\c1cccc(CCc2ccc(C#N)cc2)c1. The Labute approximate surface area is 131 Å². The molecule has 0 spiro atoms. The Balaban J connectivity index is 2.01. The van der Waals surface area contributed by atoms with Crippen LogP contribution in [-0.2, 0) is 12.8 Å². The van der Waals surface area contributed by atoms with E-state index in [9.17, 15) is 4.39 Å². The first-order chi connectivity index (χ1) is 10.7. The van der Waals surface area contributed by atoms with Crippen LogP contribution in [0.25, 0.3) is 6.08 Å². The van der Waals surface area contributed by atoms with Crippen LogP contribution < -0.4 is 0 Å². The van der Waals surface area contributed by atoms with Crippen LogP contribution in [0, 0.1) is 11.3 Å². The summed E-state index contributed by atoms with van der Waals surface area (Å²) in [6.07, 6.45) is 4.75. The van der Waals surface area contributed by atoms with E-state index in [1.807, 2.05) is 49.4 Å². The van der Waals surface area contributed by atoms with Gasteiger partial charge < -0.3 is 0 Å². The van der Waals surface area contributed by atoms with E-state index < -0.39 is 0 Å². The standard InChI is InChI=1S/C20H20FN/c1-2-4-20(21)14-19-6-3-5-17(13-19)10-7-16-8-11-18(15-22)12-9-16/h3,5-6,8-9,11-14H,2,4,7,10H2,1H3/b20-14+. The summed E-state index contributed by atoms with van der Waals surface area (Å²) < 4.78 is 13.6. The Bertz CT molecular complexity index is 678. The highest BCUT2D eigenvalue weighted by molar-refractivity contribution is 5.52. The molecule has 0 aliphatic carbocycles. The fourth-order valence-electron chi connectivity index (χ4n) is 2.36. The van der Waals surface area contributed by atoms with E-state index in [4.69, 9.17) is 5.26 Å². The minimum Gasteiger partial charge on any atom is -0.212 e. The van der Waals surface area contributed by atoms with Crippen molar-refractivity contribution in [1.29, 1.82) is 5.26 Å². The number of hydrogen-bond acceptors (Lipinski definition) is 1. The second-order valence-electron chi connectivity index (χ2n) is 5.39. The maximum absolute atomic E-state index is 13.6. The fraction of sp³-hybridized carbons (Fsp3) is 0.250. The molecule has 2 aromatic rings. The van der Waals surface area contributed by atoms with E-state index in [-0.39, 0.29) is 5.83 Å². The quantitative estimate of drug-likeness (QED) is 0.694. The number of hydrogen-bond donors (Lipinski definition) is 0. The zero-order valence-corrected chi connectivity index (χ0v) is 12.8. The summed E-state index contributed by atoms with van der Waals surface area (Å²) >= 11 is 0. The summed E-state index contributed by atoms with van der Waals surface area (Å²) in [5.74, 6) is -0.0632. The third kappa shape index (κ3) is 4.86. The zero-order valence-electron chi connectivity index (χ0n) is 12.8. The van der Waals surface area contributed by atoms with E-state index in [0.717, 1.165) is 24.8 Å². The van der Waals surface area contributed by atoms with Gasteiger partial charge in [0, 0.05) is 0 Å². The Morgan fingerprint density at radius 3 is 2.50 bits per heavy atom. The molecule has 0 saturated carbocycles. The molecule has 0 radical (unpaired) electrons. The molecule has 0 aromatic heterocycles. The first kappa shape index (κ1) is 16.0. The molecule has 0 amide bonds. The average molecular weight is 293 g/mol. The number of allylic oxidation sites excluding steroid dienone is 1. The lowest BCUT2D eigenvalue weighted by Crippen LogP contribution is -1.92. The number of rotatable bonds is 6. The predicted octanol–water partition coefficient (Wildman–Crippen LogP) is 5.45. The maximum Gasteiger partial charge on any atom is 0.100 e. The maximum atomic E-state index is 13.6. The monoisotopic (exact) mass is 293 g/mol. The van der Waals surface area contributed by atoms with Crippen LogP contribution in [0.15, 0.2) is 54.4 Å². The summed E-state index contributed by atoms with van der Waals surface area (Å²) in [4.78, 5) is 0. The number of benzene rings is 2. The molecule has 0 N–H and O–H groups in total. The van der Waals surface area contributed by atoms with Gasteiger partial charge in [-0.1, -0.05) is 43.3 Å². The van der Waals surface area contributed by atoms with Crippen molar-refractivity contribution in [3.63, 3.8) is 0 Å². The lowest BCUT2D eigenvalue weighted by atomic mass is 10.0. The molecule has 0 saturated heterocycles. The van der Waals surface area contributed by atoms with Crippen molar-refractivity contribution in [3.8, 4) is 6.07 Å². The van der Waals surface area contributed by atoms with Crippen molar-refractivity contribution in [1.82, 2.24) is 0 Å². The van der Waals surface area contributed by atoms with E-state index in [1.54, 1.807) is 6.08 Å². The minimum atomic E-state index is -0.0632. The molecule has 0 unspecified atom stereocenters. The summed E-state index contributed by atoms with van der Waals surface area (Å²) in [7, 11) is 0. The van der Waals surface area contributed by atoms with Gasteiger partial charge in [0.1, 0.15) is 5.83 Å². The lowest BCUT2D eigenvalue weighted by molar-refractivity contribution is 0.591. The molecular weight excluding hydrogens is 273 g/mol. The number of nitrogens with zero attached hydrogens (tertiary/aromatic N) is 1. The molecular formula is C20H20FN. The van der Waals surface area contributed by atoms with Crippen molar-refractivity contribution in [2.45, 2.75) is 32.6 Å². The molecule has 0 bridgehead atoms. The Morgan fingerprint density at radius 2 is 1.82 bits per heavy atom. The molecule has 22 heavy (non-hydrogen) atoms. The number of aryl methyl sites for hydroxylation is 2. The van der Waals surface area contributed by atoms with Crippen molar-refractivity contribution < 1.29 is 4.39 Å². The number of nitriles is 1. The minimum absolute atomic E-state index is 0.0632. The third-order valence-corrected chi connectivity index (χ3v) is 3.55. The van der Waals surface area contributed by atoms with Gasteiger partial charge in [-0.05, 0) is 60.6 Å². The topological polar surface area (TPSA) is 23.8 Å². The summed E-state index contributed by atoms with van der Waals surface area (Å²) in [6, 6.07) is 17.8. The van der Waals surface area contributed by atoms with Crippen molar-refractivity contribution in [2.75, 3.05) is 0 Å². The smallest absolute Gasteiger partial charge is 0.100 e. The number of halogens is 1. The highest BCUT2D eigenvalue weighted by Gasteiger charge is 1.99. The first-order valence-electron chi connectivity index (χ1n) is 7.65. The van der Waals surface area contributed by atoms with Crippen LogP contribution in [-0.4, -0.2) is 0 Å². The van der Waals surface area contributed by atoms with Crippen LogP contribution in [0.3, 0.4) is 0 Å². The highest BCUT2D eigenvalue weighted by Crippen LogP contribution is 2.15. The summed E-state index contributed by atoms with van der Waals surface area (Å²) in [6.45, 7) is 1.97. The van der Waals surface area contributed by atoms with Gasteiger partial charge in [-0.25, -0.2) is 4.39 Å².